The number of likely N-dealkylation sites (tertiary alicyclic amines) is 1. The van der Waals surface area contributed by atoms with E-state index in [0.29, 0.717) is 30.6 Å². The third-order valence-corrected chi connectivity index (χ3v) is 6.46. The molecule has 2 aliphatic carbocycles. The number of imide groups is 1. The first-order chi connectivity index (χ1) is 14.5. The fraction of sp³-hybridized carbons (Fsp3) is 0.500. The number of nitrogens with zero attached hydrogens (tertiary/aromatic N) is 2. The number of rotatable bonds is 7. The third kappa shape index (κ3) is 3.96. The molecule has 2 amide bonds. The minimum Gasteiger partial charge on any atom is -0.386 e. The number of fused-ring (bicyclic) bond motifs is 5. The van der Waals surface area contributed by atoms with Crippen LogP contribution in [0.5, 0.6) is 0 Å². The summed E-state index contributed by atoms with van der Waals surface area (Å²) in [5, 5.41) is 17.2. The smallest absolute Gasteiger partial charge is 0.233 e. The Morgan fingerprint density at radius 2 is 1.80 bits per heavy atom. The van der Waals surface area contributed by atoms with Crippen LogP contribution in [-0.2, 0) is 9.59 Å². The number of benzene rings is 1. The lowest BCUT2D eigenvalue weighted by molar-refractivity contribution is -0.140. The minimum atomic E-state index is -0.748. The molecule has 3 aliphatic rings. The lowest BCUT2D eigenvalue weighted by atomic mass is 9.85. The van der Waals surface area contributed by atoms with Crippen LogP contribution in [0.3, 0.4) is 0 Å². The summed E-state index contributed by atoms with van der Waals surface area (Å²) in [5.74, 6) is 0.581. The van der Waals surface area contributed by atoms with Gasteiger partial charge in [-0.15, -0.1) is 0 Å². The van der Waals surface area contributed by atoms with Gasteiger partial charge in [-0.25, -0.2) is 0 Å². The maximum Gasteiger partial charge on any atom is 0.233 e. The first-order valence-corrected chi connectivity index (χ1v) is 10.9. The summed E-state index contributed by atoms with van der Waals surface area (Å²) >= 11 is 5.88. The molecule has 30 heavy (non-hydrogen) atoms. The molecule has 4 rings (SSSR count). The summed E-state index contributed by atoms with van der Waals surface area (Å²) in [7, 11) is 0. The van der Waals surface area contributed by atoms with Gasteiger partial charge in [0.15, 0.2) is 5.96 Å². The lowest BCUT2D eigenvalue weighted by Gasteiger charge is -2.19. The van der Waals surface area contributed by atoms with E-state index in [9.17, 15) is 14.7 Å². The molecule has 1 saturated carbocycles. The molecule has 3 N–H and O–H groups in total. The predicted molar refractivity (Wildman–Crippen MR) is 115 cm³/mol. The van der Waals surface area contributed by atoms with Crippen LogP contribution in [-0.4, -0.2) is 54.0 Å². The number of allylic oxidation sites excluding steroid dienone is 2. The van der Waals surface area contributed by atoms with Crippen LogP contribution < -0.4 is 10.6 Å². The normalized spacial score (nSPS) is 28.2. The molecule has 1 heterocycles. The molecule has 0 aromatic heterocycles. The van der Waals surface area contributed by atoms with E-state index < -0.39 is 6.10 Å². The standard InChI is InChI=1S/C22H27ClN4O3/c1-2-24-22(26-12-17(28)13-5-7-16(23)8-6-13)25-9-10-27-20(29)18-14-3-4-15(11-14)19(18)21(27)30/h3-8,14-15,17-19,28H,2,9-12H2,1H3,(H2,24,25,26). The van der Waals surface area contributed by atoms with E-state index in [2.05, 4.69) is 27.8 Å². The Hall–Kier alpha value is -2.38. The molecule has 160 valence electrons. The zero-order chi connectivity index (χ0) is 21.3. The lowest BCUT2D eigenvalue weighted by Crippen LogP contribution is -2.43. The molecular weight excluding hydrogens is 404 g/mol. The summed E-state index contributed by atoms with van der Waals surface area (Å²) in [6.45, 7) is 3.50. The first kappa shape index (κ1) is 20.9. The average Bonchev–Trinajstić information content (AvgIpc) is 3.42. The van der Waals surface area contributed by atoms with Gasteiger partial charge in [0, 0.05) is 24.7 Å². The summed E-state index contributed by atoms with van der Waals surface area (Å²) in [5.41, 5.74) is 0.738. The third-order valence-electron chi connectivity index (χ3n) is 6.21. The van der Waals surface area contributed by atoms with Crippen LogP contribution in [0.2, 0.25) is 5.02 Å². The van der Waals surface area contributed by atoms with E-state index in [4.69, 9.17) is 11.6 Å². The number of aliphatic hydroxyl groups excluding tert-OH is 1. The van der Waals surface area contributed by atoms with Crippen molar-refractivity contribution in [3.63, 3.8) is 0 Å². The Balaban J connectivity index is 1.31. The van der Waals surface area contributed by atoms with Gasteiger partial charge >= 0.3 is 0 Å². The number of guanidine groups is 1. The van der Waals surface area contributed by atoms with Crippen molar-refractivity contribution in [1.29, 1.82) is 0 Å². The van der Waals surface area contributed by atoms with Gasteiger partial charge in [-0.3, -0.25) is 19.5 Å². The zero-order valence-electron chi connectivity index (χ0n) is 16.9. The minimum absolute atomic E-state index is 0.0382. The van der Waals surface area contributed by atoms with Gasteiger partial charge in [0.1, 0.15) is 0 Å². The van der Waals surface area contributed by atoms with Crippen molar-refractivity contribution in [2.75, 3.05) is 26.2 Å². The fourth-order valence-electron chi connectivity index (χ4n) is 4.78. The SMILES string of the molecule is CCNC(=NCC(O)c1ccc(Cl)cc1)NCCN1C(=O)C2C3C=CC(C3)C2C1=O. The number of carbonyl (C=O) groups is 2. The summed E-state index contributed by atoms with van der Waals surface area (Å²) in [4.78, 5) is 31.3. The Morgan fingerprint density at radius 3 is 2.40 bits per heavy atom. The average molecular weight is 431 g/mol. The van der Waals surface area contributed by atoms with Crippen LogP contribution in [0, 0.1) is 23.7 Å². The van der Waals surface area contributed by atoms with Gasteiger partial charge in [0.25, 0.3) is 0 Å². The molecule has 5 atom stereocenters. The molecule has 8 heteroatoms. The second-order valence-electron chi connectivity index (χ2n) is 8.04. The second-order valence-corrected chi connectivity index (χ2v) is 8.48. The van der Waals surface area contributed by atoms with Gasteiger partial charge in [-0.2, -0.15) is 0 Å². The quantitative estimate of drug-likeness (QED) is 0.265. The van der Waals surface area contributed by atoms with Crippen molar-refractivity contribution < 1.29 is 14.7 Å². The summed E-state index contributed by atoms with van der Waals surface area (Å²) in [6.07, 6.45) is 4.38. The highest BCUT2D eigenvalue weighted by Crippen LogP contribution is 2.52. The number of aliphatic hydroxyl groups is 1. The molecule has 2 fully saturated rings. The van der Waals surface area contributed by atoms with Crippen LogP contribution in [0.15, 0.2) is 41.4 Å². The van der Waals surface area contributed by atoms with Gasteiger partial charge < -0.3 is 15.7 Å². The fourth-order valence-corrected chi connectivity index (χ4v) is 4.91. The number of hydrogen-bond acceptors (Lipinski definition) is 4. The van der Waals surface area contributed by atoms with Crippen LogP contribution >= 0.6 is 11.6 Å². The van der Waals surface area contributed by atoms with Gasteiger partial charge in [0.2, 0.25) is 11.8 Å². The van der Waals surface area contributed by atoms with E-state index >= 15 is 0 Å². The van der Waals surface area contributed by atoms with E-state index in [1.165, 1.54) is 4.90 Å². The number of aliphatic imine (C=N–C) groups is 1. The number of halogens is 1. The van der Waals surface area contributed by atoms with Gasteiger partial charge in [-0.1, -0.05) is 35.9 Å². The zero-order valence-corrected chi connectivity index (χ0v) is 17.7. The molecule has 1 aromatic carbocycles. The molecule has 2 bridgehead atoms. The van der Waals surface area contributed by atoms with Crippen molar-refractivity contribution >= 4 is 29.4 Å². The Morgan fingerprint density at radius 1 is 1.17 bits per heavy atom. The molecule has 1 aromatic rings. The number of nitrogens with one attached hydrogen (secondary N) is 2. The van der Waals surface area contributed by atoms with Crippen LogP contribution in [0.1, 0.15) is 25.0 Å². The molecule has 1 saturated heterocycles. The van der Waals surface area contributed by atoms with Crippen molar-refractivity contribution in [3.05, 3.63) is 47.0 Å². The van der Waals surface area contributed by atoms with Crippen LogP contribution in [0.25, 0.3) is 0 Å². The topological polar surface area (TPSA) is 94.0 Å². The van der Waals surface area contributed by atoms with Gasteiger partial charge in [-0.05, 0) is 42.9 Å². The Labute approximate surface area is 181 Å². The van der Waals surface area contributed by atoms with Crippen molar-refractivity contribution in [2.45, 2.75) is 19.4 Å². The van der Waals surface area contributed by atoms with E-state index in [1.54, 1.807) is 24.3 Å². The number of amides is 2. The number of carbonyl (C=O) groups excluding carboxylic acids is 2. The number of hydrogen-bond donors (Lipinski definition) is 3. The van der Waals surface area contributed by atoms with Crippen LogP contribution in [0.4, 0.5) is 0 Å². The van der Waals surface area contributed by atoms with Gasteiger partial charge in [0.05, 0.1) is 24.5 Å². The highest BCUT2D eigenvalue weighted by atomic mass is 35.5. The first-order valence-electron chi connectivity index (χ1n) is 10.5. The van der Waals surface area contributed by atoms with Crippen molar-refractivity contribution in [1.82, 2.24) is 15.5 Å². The Bertz CT molecular complexity index is 840. The maximum atomic E-state index is 12.7. The van der Waals surface area contributed by atoms with E-state index in [-0.39, 0.29) is 42.0 Å². The summed E-state index contributed by atoms with van der Waals surface area (Å²) < 4.78 is 0. The highest BCUT2D eigenvalue weighted by molar-refractivity contribution is 6.30. The molecule has 7 nitrogen and oxygen atoms in total. The monoisotopic (exact) mass is 430 g/mol. The maximum absolute atomic E-state index is 12.7. The molecule has 0 spiro atoms. The van der Waals surface area contributed by atoms with Crippen molar-refractivity contribution in [2.24, 2.45) is 28.7 Å². The van der Waals surface area contributed by atoms with Crippen molar-refractivity contribution in [3.8, 4) is 0 Å². The predicted octanol–water partition coefficient (Wildman–Crippen LogP) is 1.74. The molecule has 5 unspecified atom stereocenters. The van der Waals surface area contributed by atoms with E-state index in [1.807, 2.05) is 6.92 Å². The van der Waals surface area contributed by atoms with E-state index in [0.717, 1.165) is 12.0 Å². The Kier molecular flexibility index (Phi) is 6.11. The molecule has 0 radical (unpaired) electrons. The molecule has 1 aliphatic heterocycles. The molecular formula is C22H27ClN4O3. The highest BCUT2D eigenvalue weighted by Gasteiger charge is 2.58. The second kappa shape index (κ2) is 8.78. The summed E-state index contributed by atoms with van der Waals surface area (Å²) in [6, 6.07) is 7.00. The largest absolute Gasteiger partial charge is 0.386 e.